The maximum atomic E-state index is 11.2. The molecule has 3 nitrogen and oxygen atoms in total. The molecule has 3 heteroatoms. The van der Waals surface area contributed by atoms with Gasteiger partial charge in [-0.1, -0.05) is 19.8 Å². The van der Waals surface area contributed by atoms with Crippen molar-refractivity contribution in [2.45, 2.75) is 51.5 Å². The fourth-order valence-corrected chi connectivity index (χ4v) is 3.30. The molecule has 2 N–H and O–H groups in total. The number of rotatable bonds is 2. The van der Waals surface area contributed by atoms with Gasteiger partial charge in [0.15, 0.2) is 0 Å². The van der Waals surface area contributed by atoms with Crippen molar-refractivity contribution in [3.05, 3.63) is 0 Å². The van der Waals surface area contributed by atoms with Crippen LogP contribution in [0.3, 0.4) is 0 Å². The third-order valence-corrected chi connectivity index (χ3v) is 4.28. The number of nitrogens with zero attached hydrogens (tertiary/aromatic N) is 1. The largest absolute Gasteiger partial charge is 0.369 e. The van der Waals surface area contributed by atoms with Gasteiger partial charge >= 0.3 is 0 Å². The van der Waals surface area contributed by atoms with E-state index in [1.807, 2.05) is 0 Å². The van der Waals surface area contributed by atoms with Crippen molar-refractivity contribution >= 4 is 5.91 Å². The zero-order valence-electron chi connectivity index (χ0n) is 10.3. The molecule has 0 aromatic carbocycles. The lowest BCUT2D eigenvalue weighted by Gasteiger charge is -2.40. The normalized spacial score (nSPS) is 37.2. The summed E-state index contributed by atoms with van der Waals surface area (Å²) in [7, 11) is 0. The molecular weight excluding hydrogens is 200 g/mol. The number of nitrogens with two attached hydrogens (primary N) is 1. The number of hydrogen-bond donors (Lipinski definition) is 1. The number of likely N-dealkylation sites (tertiary alicyclic amines) is 1. The minimum Gasteiger partial charge on any atom is -0.369 e. The maximum Gasteiger partial charge on any atom is 0.221 e. The molecule has 1 aliphatic heterocycles. The topological polar surface area (TPSA) is 46.3 Å². The van der Waals surface area contributed by atoms with Crippen LogP contribution >= 0.6 is 0 Å². The van der Waals surface area contributed by atoms with E-state index in [0.717, 1.165) is 25.3 Å². The van der Waals surface area contributed by atoms with Crippen LogP contribution < -0.4 is 5.73 Å². The van der Waals surface area contributed by atoms with Crippen LogP contribution in [-0.4, -0.2) is 29.9 Å². The van der Waals surface area contributed by atoms with Gasteiger partial charge in [-0.3, -0.25) is 9.69 Å². The average molecular weight is 224 g/mol. The van der Waals surface area contributed by atoms with Crippen molar-refractivity contribution in [1.29, 1.82) is 0 Å². The standard InChI is InChI=1S/C13H24N2O/c1-10-4-2-6-12(8-10)15-7-3-5-11(9-15)13(14)16/h10-12H,2-9H2,1H3,(H2,14,16). The highest BCUT2D eigenvalue weighted by atomic mass is 16.1. The van der Waals surface area contributed by atoms with E-state index < -0.39 is 0 Å². The monoisotopic (exact) mass is 224 g/mol. The minimum atomic E-state index is -0.103. The first-order valence-electron chi connectivity index (χ1n) is 6.70. The summed E-state index contributed by atoms with van der Waals surface area (Å²) in [5.74, 6) is 0.854. The zero-order chi connectivity index (χ0) is 11.5. The van der Waals surface area contributed by atoms with Crippen LogP contribution in [0.25, 0.3) is 0 Å². The van der Waals surface area contributed by atoms with E-state index in [2.05, 4.69) is 11.8 Å². The Labute approximate surface area is 98.4 Å². The molecule has 2 aliphatic rings. The van der Waals surface area contributed by atoms with Crippen molar-refractivity contribution in [3.8, 4) is 0 Å². The quantitative estimate of drug-likeness (QED) is 0.777. The molecule has 2 fully saturated rings. The number of carbonyl (C=O) groups is 1. The van der Waals surface area contributed by atoms with Gasteiger partial charge in [0.05, 0.1) is 5.92 Å². The second kappa shape index (κ2) is 5.17. The molecule has 1 heterocycles. The Morgan fingerprint density at radius 1 is 1.25 bits per heavy atom. The van der Waals surface area contributed by atoms with Crippen molar-refractivity contribution in [1.82, 2.24) is 4.90 Å². The van der Waals surface area contributed by atoms with Crippen LogP contribution in [0.15, 0.2) is 0 Å². The lowest BCUT2D eigenvalue weighted by Crippen LogP contribution is -2.47. The molecule has 0 aromatic heterocycles. The molecule has 1 saturated carbocycles. The molecule has 1 saturated heterocycles. The van der Waals surface area contributed by atoms with E-state index in [1.165, 1.54) is 32.2 Å². The van der Waals surface area contributed by atoms with Crippen LogP contribution in [-0.2, 0) is 4.79 Å². The smallest absolute Gasteiger partial charge is 0.221 e. The molecule has 0 aromatic rings. The molecule has 3 atom stereocenters. The number of hydrogen-bond acceptors (Lipinski definition) is 2. The van der Waals surface area contributed by atoms with E-state index in [-0.39, 0.29) is 11.8 Å². The van der Waals surface area contributed by atoms with E-state index in [1.54, 1.807) is 0 Å². The Balaban J connectivity index is 1.90. The SMILES string of the molecule is CC1CCCC(N2CCCC(C(N)=O)C2)C1. The first-order chi connectivity index (χ1) is 7.66. The summed E-state index contributed by atoms with van der Waals surface area (Å²) < 4.78 is 0. The molecule has 1 amide bonds. The predicted octanol–water partition coefficient (Wildman–Crippen LogP) is 1.76. The highest BCUT2D eigenvalue weighted by Gasteiger charge is 2.30. The molecule has 2 rings (SSSR count). The fraction of sp³-hybridized carbons (Fsp3) is 0.923. The van der Waals surface area contributed by atoms with Crippen LogP contribution in [0.2, 0.25) is 0 Å². The van der Waals surface area contributed by atoms with Crippen LogP contribution in [0.4, 0.5) is 0 Å². The summed E-state index contributed by atoms with van der Waals surface area (Å²) >= 11 is 0. The summed E-state index contributed by atoms with van der Waals surface area (Å²) in [5.41, 5.74) is 5.42. The minimum absolute atomic E-state index is 0.103. The summed E-state index contributed by atoms with van der Waals surface area (Å²) in [6.07, 6.45) is 7.49. The summed E-state index contributed by atoms with van der Waals surface area (Å²) in [6, 6.07) is 0.714. The first kappa shape index (κ1) is 11.9. The second-order valence-corrected chi connectivity index (χ2v) is 5.66. The Morgan fingerprint density at radius 3 is 2.75 bits per heavy atom. The summed E-state index contributed by atoms with van der Waals surface area (Å²) in [4.78, 5) is 13.8. The first-order valence-corrected chi connectivity index (χ1v) is 6.70. The number of primary amides is 1. The van der Waals surface area contributed by atoms with Crippen LogP contribution in [0.1, 0.15) is 45.4 Å². The molecule has 3 unspecified atom stereocenters. The van der Waals surface area contributed by atoms with Gasteiger partial charge in [-0.05, 0) is 38.1 Å². The molecule has 0 radical (unpaired) electrons. The molecular formula is C13H24N2O. The zero-order valence-corrected chi connectivity index (χ0v) is 10.3. The van der Waals surface area contributed by atoms with E-state index in [9.17, 15) is 4.79 Å². The molecule has 1 aliphatic carbocycles. The summed E-state index contributed by atoms with van der Waals surface area (Å²) in [6.45, 7) is 4.43. The third kappa shape index (κ3) is 2.76. The van der Waals surface area contributed by atoms with Gasteiger partial charge < -0.3 is 5.73 Å². The van der Waals surface area contributed by atoms with Crippen molar-refractivity contribution < 1.29 is 4.79 Å². The van der Waals surface area contributed by atoms with Gasteiger partial charge in [0.1, 0.15) is 0 Å². The van der Waals surface area contributed by atoms with Crippen LogP contribution in [0, 0.1) is 11.8 Å². The Morgan fingerprint density at radius 2 is 2.06 bits per heavy atom. The Kier molecular flexibility index (Phi) is 3.85. The van der Waals surface area contributed by atoms with E-state index >= 15 is 0 Å². The van der Waals surface area contributed by atoms with Gasteiger partial charge in [-0.15, -0.1) is 0 Å². The molecule has 92 valence electrons. The van der Waals surface area contributed by atoms with E-state index in [0.29, 0.717) is 6.04 Å². The third-order valence-electron chi connectivity index (χ3n) is 4.28. The number of carbonyl (C=O) groups excluding carboxylic acids is 1. The van der Waals surface area contributed by atoms with Gasteiger partial charge in [0.25, 0.3) is 0 Å². The molecule has 16 heavy (non-hydrogen) atoms. The van der Waals surface area contributed by atoms with E-state index in [4.69, 9.17) is 5.73 Å². The van der Waals surface area contributed by atoms with Gasteiger partial charge in [-0.2, -0.15) is 0 Å². The lowest BCUT2D eigenvalue weighted by atomic mass is 9.84. The number of amides is 1. The molecule has 0 bridgehead atoms. The fourth-order valence-electron chi connectivity index (χ4n) is 3.30. The number of piperidine rings is 1. The van der Waals surface area contributed by atoms with Crippen molar-refractivity contribution in [2.75, 3.05) is 13.1 Å². The predicted molar refractivity (Wildman–Crippen MR) is 64.9 cm³/mol. The van der Waals surface area contributed by atoms with Crippen molar-refractivity contribution in [2.24, 2.45) is 17.6 Å². The highest BCUT2D eigenvalue weighted by Crippen LogP contribution is 2.30. The van der Waals surface area contributed by atoms with Crippen molar-refractivity contribution in [3.63, 3.8) is 0 Å². The second-order valence-electron chi connectivity index (χ2n) is 5.66. The van der Waals surface area contributed by atoms with Gasteiger partial charge in [-0.25, -0.2) is 0 Å². The Hall–Kier alpha value is -0.570. The molecule has 0 spiro atoms. The van der Waals surface area contributed by atoms with Gasteiger partial charge in [0, 0.05) is 12.6 Å². The lowest BCUT2D eigenvalue weighted by molar-refractivity contribution is -0.123. The highest BCUT2D eigenvalue weighted by molar-refractivity contribution is 5.76. The Bertz CT molecular complexity index is 254. The van der Waals surface area contributed by atoms with Gasteiger partial charge in [0.2, 0.25) is 5.91 Å². The summed E-state index contributed by atoms with van der Waals surface area (Å²) in [5, 5.41) is 0. The maximum absolute atomic E-state index is 11.2. The van der Waals surface area contributed by atoms with Crippen LogP contribution in [0.5, 0.6) is 0 Å². The average Bonchev–Trinajstić information content (AvgIpc) is 2.29.